The molecule has 0 aliphatic carbocycles. The van der Waals surface area contributed by atoms with Crippen LogP contribution in [0, 0.1) is 5.92 Å². The predicted molar refractivity (Wildman–Crippen MR) is 121 cm³/mol. The van der Waals surface area contributed by atoms with Crippen LogP contribution in [0.15, 0.2) is 91.1 Å². The summed E-state index contributed by atoms with van der Waals surface area (Å²) < 4.78 is 0. The van der Waals surface area contributed by atoms with Crippen molar-refractivity contribution in [3.63, 3.8) is 0 Å². The first kappa shape index (κ1) is 18.7. The number of pyridine rings is 2. The van der Waals surface area contributed by atoms with Gasteiger partial charge >= 0.3 is 0 Å². The number of fused-ring (bicyclic) bond motifs is 2. The minimum atomic E-state index is -0.719. The van der Waals surface area contributed by atoms with Gasteiger partial charge in [0.15, 0.2) is 0 Å². The van der Waals surface area contributed by atoms with Gasteiger partial charge in [-0.3, -0.25) is 19.6 Å². The first-order valence-corrected chi connectivity index (χ1v) is 10.5. The van der Waals surface area contributed by atoms with Gasteiger partial charge in [-0.15, -0.1) is 0 Å². The Hall–Kier alpha value is -4.10. The van der Waals surface area contributed by atoms with Crippen LogP contribution in [0.2, 0.25) is 0 Å². The van der Waals surface area contributed by atoms with Crippen LogP contribution in [0.1, 0.15) is 11.7 Å². The molecule has 4 aromatic rings. The van der Waals surface area contributed by atoms with E-state index in [1.54, 1.807) is 23.3 Å². The third-order valence-electron chi connectivity index (χ3n) is 6.09. The Morgan fingerprint density at radius 3 is 2.38 bits per heavy atom. The van der Waals surface area contributed by atoms with E-state index >= 15 is 0 Å². The number of hydrogen-bond donors (Lipinski definition) is 1. The molecule has 0 bridgehead atoms. The molecule has 2 aliphatic heterocycles. The molecular weight excluding hydrogens is 402 g/mol. The van der Waals surface area contributed by atoms with Gasteiger partial charge < -0.3 is 0 Å². The number of nitrogens with zero attached hydrogens (tertiary/aromatic N) is 4. The molecule has 7 nitrogen and oxygen atoms in total. The number of amides is 2. The highest BCUT2D eigenvalue weighted by Gasteiger charge is 2.59. The van der Waals surface area contributed by atoms with Gasteiger partial charge in [-0.2, -0.15) is 0 Å². The molecule has 2 saturated heterocycles. The van der Waals surface area contributed by atoms with Crippen molar-refractivity contribution < 1.29 is 9.59 Å². The number of rotatable bonds is 3. The normalized spacial score (nSPS) is 22.6. The Kier molecular flexibility index (Phi) is 4.22. The van der Waals surface area contributed by atoms with E-state index in [1.807, 2.05) is 72.8 Å². The van der Waals surface area contributed by atoms with Crippen molar-refractivity contribution in [3.05, 3.63) is 96.8 Å². The molecule has 0 radical (unpaired) electrons. The lowest BCUT2D eigenvalue weighted by molar-refractivity contribution is -0.122. The summed E-state index contributed by atoms with van der Waals surface area (Å²) in [5.41, 5.74) is 5.47. The molecule has 2 aromatic heterocycles. The first-order chi connectivity index (χ1) is 15.7. The number of hydrogen-bond acceptors (Lipinski definition) is 6. The largest absolute Gasteiger partial charge is 0.278 e. The number of anilines is 2. The molecule has 2 aromatic carbocycles. The van der Waals surface area contributed by atoms with Crippen LogP contribution in [-0.4, -0.2) is 27.8 Å². The van der Waals surface area contributed by atoms with Gasteiger partial charge in [0.25, 0.3) is 5.91 Å². The van der Waals surface area contributed by atoms with Crippen molar-refractivity contribution in [2.45, 2.75) is 12.1 Å². The summed E-state index contributed by atoms with van der Waals surface area (Å²) in [5, 5.41) is 2.74. The van der Waals surface area contributed by atoms with E-state index in [4.69, 9.17) is 4.98 Å². The molecular formula is C25H19N5O2. The van der Waals surface area contributed by atoms with Gasteiger partial charge in [-0.25, -0.2) is 15.3 Å². The van der Waals surface area contributed by atoms with Gasteiger partial charge in [-0.1, -0.05) is 42.5 Å². The van der Waals surface area contributed by atoms with Crippen LogP contribution in [0.4, 0.5) is 11.5 Å². The lowest BCUT2D eigenvalue weighted by Gasteiger charge is -2.25. The average Bonchev–Trinajstić information content (AvgIpc) is 3.36. The zero-order valence-electron chi connectivity index (χ0n) is 17.0. The molecule has 4 heterocycles. The second-order valence-corrected chi connectivity index (χ2v) is 7.91. The number of para-hydroxylation sites is 2. The van der Waals surface area contributed by atoms with Crippen LogP contribution in [0.25, 0.3) is 10.9 Å². The van der Waals surface area contributed by atoms with Gasteiger partial charge in [0.2, 0.25) is 5.91 Å². The Labute approximate surface area is 184 Å². The maximum absolute atomic E-state index is 13.6. The second kappa shape index (κ2) is 7.25. The molecule has 156 valence electrons. The quantitative estimate of drug-likeness (QED) is 0.512. The van der Waals surface area contributed by atoms with Crippen LogP contribution in [0.3, 0.4) is 0 Å². The average molecular weight is 421 g/mol. The molecule has 3 atom stereocenters. The topological polar surface area (TPSA) is 78.4 Å². The van der Waals surface area contributed by atoms with E-state index < -0.39 is 18.0 Å². The first-order valence-electron chi connectivity index (χ1n) is 10.5. The highest BCUT2D eigenvalue weighted by Crippen LogP contribution is 2.42. The molecule has 6 rings (SSSR count). The molecule has 2 fully saturated rings. The predicted octanol–water partition coefficient (Wildman–Crippen LogP) is 3.25. The van der Waals surface area contributed by atoms with Crippen molar-refractivity contribution >= 4 is 34.2 Å². The lowest BCUT2D eigenvalue weighted by atomic mass is 9.93. The third-order valence-corrected chi connectivity index (χ3v) is 6.09. The number of carbonyl (C=O) groups excluding carboxylic acids is 2. The van der Waals surface area contributed by atoms with Gasteiger partial charge in [0.1, 0.15) is 11.9 Å². The smallest absolute Gasteiger partial charge is 0.259 e. The molecule has 32 heavy (non-hydrogen) atoms. The van der Waals surface area contributed by atoms with E-state index in [-0.39, 0.29) is 11.8 Å². The summed E-state index contributed by atoms with van der Waals surface area (Å²) in [6, 6.07) is 25.1. The summed E-state index contributed by atoms with van der Waals surface area (Å²) in [6.07, 6.45) is 1.69. The summed E-state index contributed by atoms with van der Waals surface area (Å²) in [4.78, 5) is 37.7. The SMILES string of the molecule is O=C1[C@H]2[C@@H](C(=O)N1c1ccccc1)N(c1ccc3ccccc3n1)N[C@H]2c1ccccn1. The number of benzene rings is 2. The Balaban J connectivity index is 1.47. The fourth-order valence-corrected chi connectivity index (χ4v) is 4.62. The molecule has 2 amide bonds. The van der Waals surface area contributed by atoms with Crippen molar-refractivity contribution in [2.24, 2.45) is 5.92 Å². The highest BCUT2D eigenvalue weighted by molar-refractivity contribution is 6.25. The van der Waals surface area contributed by atoms with Crippen LogP contribution in [0.5, 0.6) is 0 Å². The summed E-state index contributed by atoms with van der Waals surface area (Å²) >= 11 is 0. The molecule has 1 N–H and O–H groups in total. The van der Waals surface area contributed by atoms with Crippen molar-refractivity contribution in [1.82, 2.24) is 15.4 Å². The van der Waals surface area contributed by atoms with Gasteiger partial charge in [-0.05, 0) is 42.5 Å². The second-order valence-electron chi connectivity index (χ2n) is 7.91. The minimum Gasteiger partial charge on any atom is -0.278 e. The van der Waals surface area contributed by atoms with E-state index in [0.29, 0.717) is 17.2 Å². The Morgan fingerprint density at radius 2 is 1.56 bits per heavy atom. The molecule has 0 saturated carbocycles. The van der Waals surface area contributed by atoms with Crippen molar-refractivity contribution in [3.8, 4) is 0 Å². The van der Waals surface area contributed by atoms with E-state index in [1.165, 1.54) is 4.90 Å². The number of carbonyl (C=O) groups is 2. The van der Waals surface area contributed by atoms with Crippen LogP contribution >= 0.6 is 0 Å². The van der Waals surface area contributed by atoms with Gasteiger partial charge in [0, 0.05) is 11.6 Å². The molecule has 0 spiro atoms. The zero-order valence-corrected chi connectivity index (χ0v) is 17.0. The summed E-state index contributed by atoms with van der Waals surface area (Å²) in [7, 11) is 0. The Bertz CT molecular complexity index is 1330. The highest BCUT2D eigenvalue weighted by atomic mass is 16.2. The maximum atomic E-state index is 13.6. The number of aromatic nitrogens is 2. The summed E-state index contributed by atoms with van der Waals surface area (Å²) in [6.45, 7) is 0. The van der Waals surface area contributed by atoms with Crippen molar-refractivity contribution in [1.29, 1.82) is 0 Å². The van der Waals surface area contributed by atoms with E-state index in [0.717, 1.165) is 10.9 Å². The number of nitrogens with one attached hydrogen (secondary N) is 1. The fourth-order valence-electron chi connectivity index (χ4n) is 4.62. The fraction of sp³-hybridized carbons (Fsp3) is 0.120. The molecule has 0 unspecified atom stereocenters. The Morgan fingerprint density at radius 1 is 0.781 bits per heavy atom. The lowest BCUT2D eigenvalue weighted by Crippen LogP contribution is -2.46. The number of hydrazine groups is 1. The minimum absolute atomic E-state index is 0.238. The number of imide groups is 1. The summed E-state index contributed by atoms with van der Waals surface area (Å²) in [5.74, 6) is -0.538. The van der Waals surface area contributed by atoms with Crippen LogP contribution in [-0.2, 0) is 9.59 Å². The standard InChI is InChI=1S/C25H19N5O2/c31-24-21-22(19-12-6-7-15-26-19)28-30(20-14-13-16-8-4-5-11-18(16)27-20)23(21)25(32)29(24)17-9-2-1-3-10-17/h1-15,21-23,28H/t21-,22+,23+/m1/s1. The van der Waals surface area contributed by atoms with Crippen molar-refractivity contribution in [2.75, 3.05) is 9.91 Å². The van der Waals surface area contributed by atoms with Crippen LogP contribution < -0.4 is 15.3 Å². The van der Waals surface area contributed by atoms with Gasteiger partial charge in [0.05, 0.1) is 28.9 Å². The third kappa shape index (κ3) is 2.79. The molecule has 7 heteroatoms. The maximum Gasteiger partial charge on any atom is 0.259 e. The molecule has 2 aliphatic rings. The monoisotopic (exact) mass is 421 g/mol. The van der Waals surface area contributed by atoms with E-state index in [2.05, 4.69) is 10.4 Å². The zero-order chi connectivity index (χ0) is 21.7. The van der Waals surface area contributed by atoms with E-state index in [9.17, 15) is 9.59 Å².